The summed E-state index contributed by atoms with van der Waals surface area (Å²) in [5.41, 5.74) is 2.29. The molecule has 0 aliphatic carbocycles. The first-order chi connectivity index (χ1) is 6.79. The van der Waals surface area contributed by atoms with E-state index in [0.717, 1.165) is 12.0 Å². The number of hydrogen-bond donors (Lipinski definition) is 1. The molecule has 0 saturated carbocycles. The van der Waals surface area contributed by atoms with Crippen LogP contribution in [0.1, 0.15) is 12.5 Å². The average Bonchev–Trinajstić information content (AvgIpc) is 2.64. The summed E-state index contributed by atoms with van der Waals surface area (Å²) < 4.78 is 5.35. The van der Waals surface area contributed by atoms with Crippen molar-refractivity contribution in [1.29, 1.82) is 0 Å². The van der Waals surface area contributed by atoms with Gasteiger partial charge in [0.25, 0.3) is 0 Å². The minimum atomic E-state index is 0. The quantitative estimate of drug-likeness (QED) is 0.869. The second-order valence-electron chi connectivity index (χ2n) is 3.69. The molecule has 1 heterocycles. The minimum Gasteiger partial charge on any atom is -0.464 e. The molecule has 0 spiro atoms. The normalized spacial score (nSPS) is 12.4. The van der Waals surface area contributed by atoms with E-state index in [1.807, 2.05) is 13.1 Å². The second-order valence-corrected chi connectivity index (χ2v) is 3.69. The van der Waals surface area contributed by atoms with Gasteiger partial charge in [0.15, 0.2) is 0 Å². The van der Waals surface area contributed by atoms with Crippen LogP contribution in [0.5, 0.6) is 0 Å². The zero-order valence-electron chi connectivity index (χ0n) is 8.99. The highest BCUT2D eigenvalue weighted by atomic mass is 35.5. The molecule has 2 nitrogen and oxygen atoms in total. The highest BCUT2D eigenvalue weighted by Gasteiger charge is 2.02. The van der Waals surface area contributed by atoms with E-state index in [9.17, 15) is 0 Å². The van der Waals surface area contributed by atoms with E-state index < -0.39 is 0 Å². The zero-order chi connectivity index (χ0) is 9.97. The first-order valence-electron chi connectivity index (χ1n) is 4.93. The van der Waals surface area contributed by atoms with Crippen molar-refractivity contribution >= 4 is 23.4 Å². The Balaban J connectivity index is 0.00000112. The van der Waals surface area contributed by atoms with Crippen molar-refractivity contribution in [2.75, 3.05) is 7.05 Å². The van der Waals surface area contributed by atoms with Crippen molar-refractivity contribution in [1.82, 2.24) is 5.32 Å². The SMILES string of the molecule is CNC(C)Cc1ccc2ccoc2c1.Cl. The van der Waals surface area contributed by atoms with Gasteiger partial charge in [0.2, 0.25) is 0 Å². The highest BCUT2D eigenvalue weighted by Crippen LogP contribution is 2.17. The largest absolute Gasteiger partial charge is 0.464 e. The molecule has 0 saturated heterocycles. The van der Waals surface area contributed by atoms with Crippen LogP contribution in [0.2, 0.25) is 0 Å². The lowest BCUT2D eigenvalue weighted by Gasteiger charge is -2.09. The van der Waals surface area contributed by atoms with Crippen molar-refractivity contribution in [2.24, 2.45) is 0 Å². The van der Waals surface area contributed by atoms with Crippen molar-refractivity contribution in [3.8, 4) is 0 Å². The monoisotopic (exact) mass is 225 g/mol. The summed E-state index contributed by atoms with van der Waals surface area (Å²) in [7, 11) is 1.98. The first kappa shape index (κ1) is 12.1. The van der Waals surface area contributed by atoms with Crippen molar-refractivity contribution in [3.63, 3.8) is 0 Å². The Labute approximate surface area is 96.1 Å². The summed E-state index contributed by atoms with van der Waals surface area (Å²) in [6.07, 6.45) is 2.77. The molecule has 2 rings (SSSR count). The van der Waals surface area contributed by atoms with Gasteiger partial charge in [0.05, 0.1) is 6.26 Å². The van der Waals surface area contributed by atoms with Crippen LogP contribution in [0.3, 0.4) is 0 Å². The van der Waals surface area contributed by atoms with Gasteiger partial charge in [-0.2, -0.15) is 0 Å². The molecule has 0 radical (unpaired) electrons. The van der Waals surface area contributed by atoms with Crippen LogP contribution in [0.4, 0.5) is 0 Å². The molecular weight excluding hydrogens is 210 g/mol. The van der Waals surface area contributed by atoms with Crippen LogP contribution < -0.4 is 5.32 Å². The topological polar surface area (TPSA) is 25.2 Å². The molecule has 1 aromatic carbocycles. The standard InChI is InChI=1S/C12H15NO.ClH/c1-9(13-2)7-10-3-4-11-5-6-14-12(11)8-10;/h3-6,8-9,13H,7H2,1-2H3;1H. The van der Waals surface area contributed by atoms with Crippen LogP contribution >= 0.6 is 12.4 Å². The first-order valence-corrected chi connectivity index (χ1v) is 4.93. The number of furan rings is 1. The maximum absolute atomic E-state index is 5.35. The van der Waals surface area contributed by atoms with Crippen molar-refractivity contribution in [3.05, 3.63) is 36.1 Å². The molecule has 82 valence electrons. The van der Waals surface area contributed by atoms with E-state index in [0.29, 0.717) is 6.04 Å². The van der Waals surface area contributed by atoms with Gasteiger partial charge in [-0.25, -0.2) is 0 Å². The molecule has 1 N–H and O–H groups in total. The van der Waals surface area contributed by atoms with Crippen molar-refractivity contribution in [2.45, 2.75) is 19.4 Å². The van der Waals surface area contributed by atoms with Crippen LogP contribution in [0, 0.1) is 0 Å². The molecule has 0 bridgehead atoms. The van der Waals surface area contributed by atoms with E-state index >= 15 is 0 Å². The fourth-order valence-electron chi connectivity index (χ4n) is 1.58. The molecule has 0 fully saturated rings. The molecule has 1 atom stereocenters. The van der Waals surface area contributed by atoms with Crippen LogP contribution in [0.15, 0.2) is 34.9 Å². The van der Waals surface area contributed by atoms with E-state index in [1.165, 1.54) is 10.9 Å². The molecule has 15 heavy (non-hydrogen) atoms. The number of likely N-dealkylation sites (N-methyl/N-ethyl adjacent to an activating group) is 1. The van der Waals surface area contributed by atoms with E-state index in [4.69, 9.17) is 4.42 Å². The van der Waals surface area contributed by atoms with Crippen LogP contribution in [-0.4, -0.2) is 13.1 Å². The minimum absolute atomic E-state index is 0. The zero-order valence-corrected chi connectivity index (χ0v) is 9.80. The summed E-state index contributed by atoms with van der Waals surface area (Å²) in [4.78, 5) is 0. The maximum Gasteiger partial charge on any atom is 0.134 e. The fraction of sp³-hybridized carbons (Fsp3) is 0.333. The Morgan fingerprint density at radius 2 is 2.13 bits per heavy atom. The summed E-state index contributed by atoms with van der Waals surface area (Å²) in [6, 6.07) is 8.87. The van der Waals surface area contributed by atoms with Gasteiger partial charge in [-0.3, -0.25) is 0 Å². The lowest BCUT2D eigenvalue weighted by molar-refractivity contribution is 0.602. The van der Waals surface area contributed by atoms with Gasteiger partial charge in [-0.1, -0.05) is 12.1 Å². The highest BCUT2D eigenvalue weighted by molar-refractivity contribution is 5.85. The van der Waals surface area contributed by atoms with E-state index in [2.05, 4.69) is 30.4 Å². The second kappa shape index (κ2) is 5.19. The molecule has 2 aromatic rings. The molecule has 3 heteroatoms. The Morgan fingerprint density at radius 3 is 2.87 bits per heavy atom. The number of fused-ring (bicyclic) bond motifs is 1. The average molecular weight is 226 g/mol. The predicted molar refractivity (Wildman–Crippen MR) is 65.7 cm³/mol. The molecule has 0 amide bonds. The van der Waals surface area contributed by atoms with Gasteiger partial charge in [-0.15, -0.1) is 12.4 Å². The number of nitrogens with one attached hydrogen (secondary N) is 1. The molecule has 0 aliphatic heterocycles. The number of hydrogen-bond acceptors (Lipinski definition) is 2. The van der Waals surface area contributed by atoms with E-state index in [-0.39, 0.29) is 12.4 Å². The Hall–Kier alpha value is -0.990. The van der Waals surface area contributed by atoms with Crippen LogP contribution in [-0.2, 0) is 6.42 Å². The summed E-state index contributed by atoms with van der Waals surface area (Å²) >= 11 is 0. The summed E-state index contributed by atoms with van der Waals surface area (Å²) in [5, 5.41) is 4.40. The Bertz CT molecular complexity index is 424. The molecular formula is C12H16ClNO. The fourth-order valence-corrected chi connectivity index (χ4v) is 1.58. The lowest BCUT2D eigenvalue weighted by Crippen LogP contribution is -2.23. The van der Waals surface area contributed by atoms with Gasteiger partial charge in [0.1, 0.15) is 5.58 Å². The van der Waals surface area contributed by atoms with Crippen LogP contribution in [0.25, 0.3) is 11.0 Å². The van der Waals surface area contributed by atoms with Crippen molar-refractivity contribution < 1.29 is 4.42 Å². The van der Waals surface area contributed by atoms with Gasteiger partial charge in [-0.05, 0) is 38.1 Å². The van der Waals surface area contributed by atoms with E-state index in [1.54, 1.807) is 6.26 Å². The number of halogens is 1. The van der Waals surface area contributed by atoms with Gasteiger partial charge in [0, 0.05) is 11.4 Å². The predicted octanol–water partition coefficient (Wildman–Crippen LogP) is 3.01. The number of rotatable bonds is 3. The number of benzene rings is 1. The molecule has 1 unspecified atom stereocenters. The maximum atomic E-state index is 5.35. The molecule has 0 aliphatic rings. The third-order valence-corrected chi connectivity index (χ3v) is 2.56. The Morgan fingerprint density at radius 1 is 1.33 bits per heavy atom. The molecule has 1 aromatic heterocycles. The summed E-state index contributed by atoms with van der Waals surface area (Å²) in [6.45, 7) is 2.17. The third kappa shape index (κ3) is 2.74. The third-order valence-electron chi connectivity index (χ3n) is 2.56. The lowest BCUT2D eigenvalue weighted by atomic mass is 10.1. The summed E-state index contributed by atoms with van der Waals surface area (Å²) in [5.74, 6) is 0. The Kier molecular flexibility index (Phi) is 4.18. The van der Waals surface area contributed by atoms with Gasteiger partial charge >= 0.3 is 0 Å². The smallest absolute Gasteiger partial charge is 0.134 e. The van der Waals surface area contributed by atoms with Gasteiger partial charge < -0.3 is 9.73 Å².